The van der Waals surface area contributed by atoms with Crippen LogP contribution in [0.4, 0.5) is 5.69 Å². The second-order valence-electron chi connectivity index (χ2n) is 3.17. The zero-order valence-corrected chi connectivity index (χ0v) is 9.24. The summed E-state index contributed by atoms with van der Waals surface area (Å²) in [7, 11) is 0. The lowest BCUT2D eigenvalue weighted by atomic mass is 10.2. The normalized spacial score (nSPS) is 10.0. The zero-order valence-electron chi connectivity index (χ0n) is 8.42. The summed E-state index contributed by atoms with van der Waals surface area (Å²) in [5, 5.41) is 0. The molecule has 0 aliphatic rings. The summed E-state index contributed by atoms with van der Waals surface area (Å²) >= 11 is 1.45. The van der Waals surface area contributed by atoms with Crippen molar-refractivity contribution in [1.29, 1.82) is 0 Å². The monoisotopic (exact) mass is 234 g/mol. The first kappa shape index (κ1) is 10.6. The number of anilines is 1. The van der Waals surface area contributed by atoms with E-state index in [1.54, 1.807) is 36.0 Å². The smallest absolute Gasteiger partial charge is 0.338 e. The van der Waals surface area contributed by atoms with E-state index in [4.69, 9.17) is 10.5 Å². The molecule has 5 heteroatoms. The molecule has 0 saturated heterocycles. The molecule has 0 aliphatic carbocycles. The van der Waals surface area contributed by atoms with Crippen molar-refractivity contribution in [3.05, 3.63) is 46.4 Å². The molecule has 16 heavy (non-hydrogen) atoms. The molecule has 4 nitrogen and oxygen atoms in total. The van der Waals surface area contributed by atoms with Gasteiger partial charge in [0.1, 0.15) is 6.61 Å². The minimum absolute atomic E-state index is 0.258. The second-order valence-corrected chi connectivity index (χ2v) is 4.14. The zero-order chi connectivity index (χ0) is 11.4. The maximum Gasteiger partial charge on any atom is 0.338 e. The Morgan fingerprint density at radius 3 is 2.75 bits per heavy atom. The second kappa shape index (κ2) is 4.76. The van der Waals surface area contributed by atoms with E-state index in [0.29, 0.717) is 11.3 Å². The van der Waals surface area contributed by atoms with Crippen LogP contribution in [0, 0.1) is 0 Å². The van der Waals surface area contributed by atoms with Crippen molar-refractivity contribution in [3.8, 4) is 0 Å². The molecule has 2 rings (SSSR count). The predicted molar refractivity (Wildman–Crippen MR) is 62.1 cm³/mol. The molecule has 0 atom stereocenters. The van der Waals surface area contributed by atoms with Crippen LogP contribution < -0.4 is 5.73 Å². The highest BCUT2D eigenvalue weighted by Crippen LogP contribution is 2.10. The van der Waals surface area contributed by atoms with Crippen molar-refractivity contribution >= 4 is 23.0 Å². The van der Waals surface area contributed by atoms with E-state index in [9.17, 15) is 4.79 Å². The number of thiazole rings is 1. The molecule has 2 aromatic rings. The molecule has 0 amide bonds. The van der Waals surface area contributed by atoms with Gasteiger partial charge in [0.05, 0.1) is 16.0 Å². The van der Waals surface area contributed by atoms with E-state index < -0.39 is 0 Å². The number of carbonyl (C=O) groups excluding carboxylic acids is 1. The average molecular weight is 234 g/mol. The van der Waals surface area contributed by atoms with Crippen molar-refractivity contribution in [1.82, 2.24) is 4.98 Å². The van der Waals surface area contributed by atoms with Gasteiger partial charge in [0.2, 0.25) is 0 Å². The number of nitrogen functional groups attached to an aromatic ring is 1. The molecule has 0 bridgehead atoms. The lowest BCUT2D eigenvalue weighted by Crippen LogP contribution is -2.04. The number of nitrogens with zero attached hydrogens (tertiary/aromatic N) is 1. The van der Waals surface area contributed by atoms with Crippen LogP contribution in [0.25, 0.3) is 0 Å². The van der Waals surface area contributed by atoms with Crippen molar-refractivity contribution in [2.75, 3.05) is 5.73 Å². The van der Waals surface area contributed by atoms with Gasteiger partial charge in [-0.2, -0.15) is 0 Å². The maximum absolute atomic E-state index is 11.6. The van der Waals surface area contributed by atoms with Gasteiger partial charge in [0.25, 0.3) is 0 Å². The van der Waals surface area contributed by atoms with E-state index in [1.807, 2.05) is 0 Å². The third kappa shape index (κ3) is 2.58. The quantitative estimate of drug-likeness (QED) is 0.652. The first-order valence-corrected chi connectivity index (χ1v) is 5.54. The van der Waals surface area contributed by atoms with Crippen molar-refractivity contribution in [2.45, 2.75) is 6.61 Å². The van der Waals surface area contributed by atoms with E-state index >= 15 is 0 Å². The molecular weight excluding hydrogens is 224 g/mol. The van der Waals surface area contributed by atoms with Gasteiger partial charge in [-0.05, 0) is 24.3 Å². The summed E-state index contributed by atoms with van der Waals surface area (Å²) < 4.78 is 5.10. The summed E-state index contributed by atoms with van der Waals surface area (Å²) in [4.78, 5) is 16.4. The fraction of sp³-hybridized carbons (Fsp3) is 0.0909. The van der Waals surface area contributed by atoms with Gasteiger partial charge >= 0.3 is 5.97 Å². The number of carbonyl (C=O) groups is 1. The van der Waals surface area contributed by atoms with Crippen LogP contribution in [0.5, 0.6) is 0 Å². The Labute approximate surface area is 96.7 Å². The van der Waals surface area contributed by atoms with Crippen LogP contribution in [-0.4, -0.2) is 11.0 Å². The molecule has 2 N–H and O–H groups in total. The largest absolute Gasteiger partial charge is 0.456 e. The van der Waals surface area contributed by atoms with Crippen molar-refractivity contribution in [2.24, 2.45) is 0 Å². The predicted octanol–water partition coefficient (Wildman–Crippen LogP) is 2.08. The highest BCUT2D eigenvalue weighted by molar-refractivity contribution is 7.09. The molecule has 82 valence electrons. The summed E-state index contributed by atoms with van der Waals surface area (Å²) in [6, 6.07) is 6.63. The maximum atomic E-state index is 11.6. The van der Waals surface area contributed by atoms with Crippen LogP contribution >= 0.6 is 11.3 Å². The average Bonchev–Trinajstić information content (AvgIpc) is 2.80. The lowest BCUT2D eigenvalue weighted by Gasteiger charge is -2.02. The minimum atomic E-state index is -0.353. The van der Waals surface area contributed by atoms with Crippen LogP contribution in [0.15, 0.2) is 36.0 Å². The third-order valence-corrected chi connectivity index (χ3v) is 2.73. The van der Waals surface area contributed by atoms with Gasteiger partial charge in [-0.25, -0.2) is 4.79 Å². The molecule has 0 fully saturated rings. The fourth-order valence-corrected chi connectivity index (χ4v) is 1.66. The van der Waals surface area contributed by atoms with Gasteiger partial charge < -0.3 is 10.5 Å². The Morgan fingerprint density at radius 2 is 2.12 bits per heavy atom. The standard InChI is InChI=1S/C11H10N2O2S/c12-9-3-1-8(2-4-9)11(14)15-6-10-5-13-7-16-10/h1-5,7H,6,12H2. The Bertz CT molecular complexity index is 465. The highest BCUT2D eigenvalue weighted by Gasteiger charge is 2.07. The number of ether oxygens (including phenoxy) is 1. The Kier molecular flexibility index (Phi) is 3.16. The van der Waals surface area contributed by atoms with Crippen LogP contribution in [0.2, 0.25) is 0 Å². The number of nitrogens with two attached hydrogens (primary N) is 1. The van der Waals surface area contributed by atoms with Crippen molar-refractivity contribution < 1.29 is 9.53 Å². The molecule has 0 radical (unpaired) electrons. The van der Waals surface area contributed by atoms with Crippen LogP contribution in [0.3, 0.4) is 0 Å². The Morgan fingerprint density at radius 1 is 1.38 bits per heavy atom. The Balaban J connectivity index is 1.95. The van der Waals surface area contributed by atoms with Gasteiger partial charge in [0, 0.05) is 11.9 Å². The molecule has 0 unspecified atom stereocenters. The molecule has 0 saturated carbocycles. The van der Waals surface area contributed by atoms with E-state index in [2.05, 4.69) is 4.98 Å². The highest BCUT2D eigenvalue weighted by atomic mass is 32.1. The fourth-order valence-electron chi connectivity index (χ4n) is 1.15. The Hall–Kier alpha value is -1.88. The topological polar surface area (TPSA) is 65.2 Å². The molecule has 1 aromatic carbocycles. The number of hydrogen-bond acceptors (Lipinski definition) is 5. The number of esters is 1. The van der Waals surface area contributed by atoms with Gasteiger partial charge in [0.15, 0.2) is 0 Å². The molecule has 1 heterocycles. The molecule has 0 spiro atoms. The molecule has 1 aromatic heterocycles. The van der Waals surface area contributed by atoms with E-state index in [0.717, 1.165) is 4.88 Å². The minimum Gasteiger partial charge on any atom is -0.456 e. The van der Waals surface area contributed by atoms with E-state index in [-0.39, 0.29) is 12.6 Å². The van der Waals surface area contributed by atoms with Gasteiger partial charge in [-0.15, -0.1) is 11.3 Å². The summed E-state index contributed by atoms with van der Waals surface area (Å²) in [6.45, 7) is 0.258. The number of hydrogen-bond donors (Lipinski definition) is 1. The summed E-state index contributed by atoms with van der Waals surface area (Å²) in [5.41, 5.74) is 8.34. The van der Waals surface area contributed by atoms with Gasteiger partial charge in [-0.1, -0.05) is 0 Å². The summed E-state index contributed by atoms with van der Waals surface area (Å²) in [6.07, 6.45) is 1.68. The van der Waals surface area contributed by atoms with Crippen LogP contribution in [-0.2, 0) is 11.3 Å². The number of aromatic nitrogens is 1. The van der Waals surface area contributed by atoms with Gasteiger partial charge in [-0.3, -0.25) is 4.98 Å². The first-order chi connectivity index (χ1) is 7.75. The first-order valence-electron chi connectivity index (χ1n) is 4.66. The lowest BCUT2D eigenvalue weighted by molar-refractivity contribution is 0.0476. The summed E-state index contributed by atoms with van der Waals surface area (Å²) in [5.74, 6) is -0.353. The van der Waals surface area contributed by atoms with Crippen molar-refractivity contribution in [3.63, 3.8) is 0 Å². The third-order valence-electron chi connectivity index (χ3n) is 1.98. The number of rotatable bonds is 3. The molecular formula is C11H10N2O2S. The van der Waals surface area contributed by atoms with E-state index in [1.165, 1.54) is 11.3 Å². The molecule has 0 aliphatic heterocycles. The number of benzene rings is 1. The SMILES string of the molecule is Nc1ccc(C(=O)OCc2cncs2)cc1. The van der Waals surface area contributed by atoms with Crippen LogP contribution in [0.1, 0.15) is 15.2 Å².